The van der Waals surface area contributed by atoms with E-state index in [9.17, 15) is 9.59 Å². The van der Waals surface area contributed by atoms with E-state index < -0.39 is 0 Å². The van der Waals surface area contributed by atoms with Gasteiger partial charge >= 0.3 is 0 Å². The first-order chi connectivity index (χ1) is 12.7. The average Bonchev–Trinajstić information content (AvgIpc) is 2.60. The number of likely N-dealkylation sites (N-methyl/N-ethyl adjacent to an activating group) is 1. The van der Waals surface area contributed by atoms with Gasteiger partial charge in [-0.15, -0.1) is 0 Å². The Kier molecular flexibility index (Phi) is 5.33. The molecule has 0 aromatic heterocycles. The van der Waals surface area contributed by atoms with E-state index in [0.29, 0.717) is 12.2 Å². The van der Waals surface area contributed by atoms with E-state index in [2.05, 4.69) is 50.4 Å². The largest absolute Gasteiger partial charge is 0.326 e. The lowest BCUT2D eigenvalue weighted by molar-refractivity contribution is -0.885. The zero-order valence-corrected chi connectivity index (χ0v) is 16.5. The number of carbonyl (C=O) groups excluding carboxylic acids is 2. The maximum absolute atomic E-state index is 12.8. The normalized spacial score (nSPS) is 15.1. The van der Waals surface area contributed by atoms with Crippen LogP contribution >= 0.6 is 0 Å². The Morgan fingerprint density at radius 3 is 2.44 bits per heavy atom. The summed E-state index contributed by atoms with van der Waals surface area (Å²) in [5.74, 6) is -0.196. The number of nitrogens with one attached hydrogen (secondary N) is 2. The Hall–Kier alpha value is -2.66. The SMILES string of the molecule is C[NH+](CC(=O)N1CC(=O)Nc2ccccc21)Cc1ccc(C(C)(C)C)cc1. The van der Waals surface area contributed by atoms with Crippen molar-refractivity contribution in [3.05, 3.63) is 59.7 Å². The number of benzene rings is 2. The zero-order valence-electron chi connectivity index (χ0n) is 16.5. The van der Waals surface area contributed by atoms with Crippen LogP contribution in [0.25, 0.3) is 0 Å². The fraction of sp³-hybridized carbons (Fsp3) is 0.364. The maximum Gasteiger partial charge on any atom is 0.282 e. The molecule has 142 valence electrons. The third kappa shape index (κ3) is 4.55. The molecule has 2 aromatic rings. The minimum Gasteiger partial charge on any atom is -0.326 e. The van der Waals surface area contributed by atoms with Gasteiger partial charge in [-0.2, -0.15) is 0 Å². The van der Waals surface area contributed by atoms with Gasteiger partial charge in [-0.25, -0.2) is 0 Å². The Balaban J connectivity index is 1.65. The number of fused-ring (bicyclic) bond motifs is 1. The highest BCUT2D eigenvalue weighted by atomic mass is 16.2. The van der Waals surface area contributed by atoms with E-state index in [-0.39, 0.29) is 23.8 Å². The fourth-order valence-electron chi connectivity index (χ4n) is 3.34. The number of nitrogens with zero attached hydrogens (tertiary/aromatic N) is 1. The van der Waals surface area contributed by atoms with Crippen molar-refractivity contribution in [1.29, 1.82) is 0 Å². The monoisotopic (exact) mass is 366 g/mol. The molecule has 0 radical (unpaired) electrons. The summed E-state index contributed by atoms with van der Waals surface area (Å²) >= 11 is 0. The molecule has 0 saturated heterocycles. The highest BCUT2D eigenvalue weighted by molar-refractivity contribution is 6.10. The van der Waals surface area contributed by atoms with Crippen LogP contribution in [0.4, 0.5) is 11.4 Å². The zero-order chi connectivity index (χ0) is 19.6. The summed E-state index contributed by atoms with van der Waals surface area (Å²) in [6, 6.07) is 16.0. The van der Waals surface area contributed by atoms with Gasteiger partial charge in [-0.05, 0) is 23.1 Å². The first kappa shape index (κ1) is 19.1. The molecule has 2 amide bonds. The quantitative estimate of drug-likeness (QED) is 0.869. The van der Waals surface area contributed by atoms with Crippen LogP contribution in [-0.4, -0.2) is 32.0 Å². The second-order valence-corrected chi connectivity index (χ2v) is 8.30. The summed E-state index contributed by atoms with van der Waals surface area (Å²) in [6.45, 7) is 7.77. The van der Waals surface area contributed by atoms with Crippen molar-refractivity contribution in [2.24, 2.45) is 0 Å². The van der Waals surface area contributed by atoms with Crippen LogP contribution in [0.5, 0.6) is 0 Å². The Morgan fingerprint density at radius 1 is 1.11 bits per heavy atom. The topological polar surface area (TPSA) is 53.9 Å². The van der Waals surface area contributed by atoms with Crippen molar-refractivity contribution >= 4 is 23.2 Å². The van der Waals surface area contributed by atoms with Crippen molar-refractivity contribution in [2.45, 2.75) is 32.7 Å². The van der Waals surface area contributed by atoms with Gasteiger partial charge in [0.25, 0.3) is 5.91 Å². The molecule has 2 aromatic carbocycles. The highest BCUT2D eigenvalue weighted by Crippen LogP contribution is 2.28. The molecule has 2 N–H and O–H groups in total. The molecule has 1 heterocycles. The molecule has 1 aliphatic rings. The minimum absolute atomic E-state index is 0.0406. The van der Waals surface area contributed by atoms with Gasteiger partial charge in [-0.3, -0.25) is 14.5 Å². The van der Waals surface area contributed by atoms with Crippen LogP contribution in [0, 0.1) is 0 Å². The van der Waals surface area contributed by atoms with Crippen molar-refractivity contribution in [3.8, 4) is 0 Å². The molecule has 5 heteroatoms. The molecule has 0 spiro atoms. The van der Waals surface area contributed by atoms with E-state index in [1.165, 1.54) is 11.1 Å². The fourth-order valence-corrected chi connectivity index (χ4v) is 3.34. The minimum atomic E-state index is -0.155. The van der Waals surface area contributed by atoms with E-state index in [1.54, 1.807) is 4.90 Å². The van der Waals surface area contributed by atoms with E-state index in [4.69, 9.17) is 0 Å². The van der Waals surface area contributed by atoms with Crippen LogP contribution in [0.2, 0.25) is 0 Å². The first-order valence-electron chi connectivity index (χ1n) is 9.34. The van der Waals surface area contributed by atoms with Gasteiger partial charge < -0.3 is 10.2 Å². The third-order valence-electron chi connectivity index (χ3n) is 4.85. The molecule has 5 nitrogen and oxygen atoms in total. The van der Waals surface area contributed by atoms with Crippen LogP contribution in [0.15, 0.2) is 48.5 Å². The number of quaternary nitrogens is 1. The number of carbonyl (C=O) groups is 2. The lowest BCUT2D eigenvalue weighted by Gasteiger charge is -2.29. The average molecular weight is 366 g/mol. The van der Waals surface area contributed by atoms with Crippen molar-refractivity contribution < 1.29 is 14.5 Å². The molecule has 0 bridgehead atoms. The van der Waals surface area contributed by atoms with E-state index in [0.717, 1.165) is 17.1 Å². The number of anilines is 2. The number of amides is 2. The molecule has 1 unspecified atom stereocenters. The number of para-hydroxylation sites is 2. The Bertz CT molecular complexity index is 837. The van der Waals surface area contributed by atoms with Crippen LogP contribution < -0.4 is 15.1 Å². The predicted molar refractivity (Wildman–Crippen MR) is 108 cm³/mol. The molecule has 3 rings (SSSR count). The van der Waals surface area contributed by atoms with Gasteiger partial charge in [-0.1, -0.05) is 57.2 Å². The Morgan fingerprint density at radius 2 is 1.78 bits per heavy atom. The van der Waals surface area contributed by atoms with E-state index >= 15 is 0 Å². The lowest BCUT2D eigenvalue weighted by Crippen LogP contribution is -3.09. The molecule has 0 fully saturated rings. The summed E-state index contributed by atoms with van der Waals surface area (Å²) < 4.78 is 0. The van der Waals surface area contributed by atoms with Crippen LogP contribution in [-0.2, 0) is 21.5 Å². The van der Waals surface area contributed by atoms with Gasteiger partial charge in [0, 0.05) is 5.56 Å². The van der Waals surface area contributed by atoms with Crippen LogP contribution in [0.3, 0.4) is 0 Å². The number of rotatable bonds is 4. The summed E-state index contributed by atoms with van der Waals surface area (Å²) in [5, 5.41) is 2.82. The summed E-state index contributed by atoms with van der Waals surface area (Å²) in [6.07, 6.45) is 0. The van der Waals surface area contributed by atoms with Crippen molar-refractivity contribution in [1.82, 2.24) is 0 Å². The lowest BCUT2D eigenvalue weighted by atomic mass is 9.87. The van der Waals surface area contributed by atoms with Gasteiger partial charge in [0.2, 0.25) is 5.91 Å². The standard InChI is InChI=1S/C22H27N3O2/c1-22(2,3)17-11-9-16(10-12-17)13-24(4)15-21(27)25-14-20(26)23-18-7-5-6-8-19(18)25/h5-12H,13-15H2,1-4H3,(H,23,26)/p+1. The molecule has 27 heavy (non-hydrogen) atoms. The highest BCUT2D eigenvalue weighted by Gasteiger charge is 2.28. The second kappa shape index (κ2) is 7.53. The molecule has 0 saturated carbocycles. The maximum atomic E-state index is 12.8. The summed E-state index contributed by atoms with van der Waals surface area (Å²) in [5.41, 5.74) is 4.10. The Labute approximate surface area is 161 Å². The summed E-state index contributed by atoms with van der Waals surface area (Å²) in [4.78, 5) is 27.4. The van der Waals surface area contributed by atoms with E-state index in [1.807, 2.05) is 31.3 Å². The summed E-state index contributed by atoms with van der Waals surface area (Å²) in [7, 11) is 2.01. The van der Waals surface area contributed by atoms with Crippen molar-refractivity contribution in [2.75, 3.05) is 30.4 Å². The molecule has 1 aliphatic heterocycles. The smallest absolute Gasteiger partial charge is 0.282 e. The molecule has 0 aliphatic carbocycles. The number of hydrogen-bond acceptors (Lipinski definition) is 2. The predicted octanol–water partition coefficient (Wildman–Crippen LogP) is 1.98. The molecular formula is C22H28N3O2+. The molecule has 1 atom stereocenters. The van der Waals surface area contributed by atoms with Crippen LogP contribution in [0.1, 0.15) is 31.9 Å². The van der Waals surface area contributed by atoms with Gasteiger partial charge in [0.05, 0.1) is 18.4 Å². The molecular weight excluding hydrogens is 338 g/mol. The van der Waals surface area contributed by atoms with Gasteiger partial charge in [0.15, 0.2) is 6.54 Å². The third-order valence-corrected chi connectivity index (χ3v) is 4.85. The number of hydrogen-bond donors (Lipinski definition) is 2. The van der Waals surface area contributed by atoms with Crippen molar-refractivity contribution in [3.63, 3.8) is 0 Å². The first-order valence-corrected chi connectivity index (χ1v) is 9.34. The van der Waals surface area contributed by atoms with Gasteiger partial charge in [0.1, 0.15) is 13.1 Å². The second-order valence-electron chi connectivity index (χ2n) is 8.30.